The molecule has 1 aromatic rings. The fourth-order valence-corrected chi connectivity index (χ4v) is 3.06. The Morgan fingerprint density at radius 2 is 1.70 bits per heavy atom. The Kier molecular flexibility index (Phi) is 6.20. The Morgan fingerprint density at radius 1 is 1.11 bits per heavy atom. The average molecular weight is 372 g/mol. The number of rotatable bonds is 5. The smallest absolute Gasteiger partial charge is 0.330 e. The number of ether oxygens (including phenoxy) is 1. The van der Waals surface area contributed by atoms with Crippen LogP contribution in [0.5, 0.6) is 11.5 Å². The number of allylic oxidation sites excluding steroid dienone is 2. The van der Waals surface area contributed by atoms with E-state index >= 15 is 0 Å². The highest BCUT2D eigenvalue weighted by Crippen LogP contribution is 2.39. The van der Waals surface area contributed by atoms with Crippen LogP contribution in [0.2, 0.25) is 0 Å². The molecule has 0 fully saturated rings. The first kappa shape index (κ1) is 20.4. The third kappa shape index (κ3) is 4.64. The van der Waals surface area contributed by atoms with Crippen molar-refractivity contribution in [3.8, 4) is 11.5 Å². The van der Waals surface area contributed by atoms with Crippen LogP contribution < -0.4 is 0 Å². The third-order valence-corrected chi connectivity index (χ3v) is 4.31. The maximum atomic E-state index is 13.0. The quantitative estimate of drug-likeness (QED) is 0.354. The number of benzene rings is 1. The van der Waals surface area contributed by atoms with Crippen molar-refractivity contribution in [2.24, 2.45) is 5.92 Å². The summed E-state index contributed by atoms with van der Waals surface area (Å²) in [6, 6.07) is 2.34. The summed E-state index contributed by atoms with van der Waals surface area (Å²) in [5.74, 6) is -3.22. The Bertz CT molecular complexity index is 838. The predicted octanol–water partition coefficient (Wildman–Crippen LogP) is 3.72. The van der Waals surface area contributed by atoms with Crippen LogP contribution in [-0.4, -0.2) is 33.9 Å². The minimum absolute atomic E-state index is 0.173. The number of carbonyl (C=O) groups is 3. The molecule has 2 unspecified atom stereocenters. The van der Waals surface area contributed by atoms with Crippen molar-refractivity contribution in [1.82, 2.24) is 0 Å². The standard InChI is InChI=1S/C21H24O6/c1-11(2)5-8-17(27-18(25)9-12(3)4)13-10-16(24)19-14(22)6-7-15(23)20(19)21(13)26/h5-7,9,13,17,22-23H,8,10H2,1-4H3. The van der Waals surface area contributed by atoms with Gasteiger partial charge in [-0.1, -0.05) is 17.2 Å². The Morgan fingerprint density at radius 3 is 2.26 bits per heavy atom. The molecule has 27 heavy (non-hydrogen) atoms. The summed E-state index contributed by atoms with van der Waals surface area (Å²) < 4.78 is 5.48. The molecule has 1 aliphatic rings. The first-order valence-corrected chi connectivity index (χ1v) is 8.73. The van der Waals surface area contributed by atoms with Crippen molar-refractivity contribution in [3.05, 3.63) is 46.6 Å². The molecule has 0 radical (unpaired) electrons. The summed E-state index contributed by atoms with van der Waals surface area (Å²) >= 11 is 0. The summed E-state index contributed by atoms with van der Waals surface area (Å²) in [5, 5.41) is 20.0. The van der Waals surface area contributed by atoms with Gasteiger partial charge in [0.25, 0.3) is 0 Å². The second kappa shape index (κ2) is 8.20. The summed E-state index contributed by atoms with van der Waals surface area (Å²) in [6.45, 7) is 7.25. The number of fused-ring (bicyclic) bond motifs is 1. The molecule has 2 rings (SSSR count). The van der Waals surface area contributed by atoms with Gasteiger partial charge in [-0.2, -0.15) is 0 Å². The number of Topliss-reactive ketones (excluding diaryl/α,β-unsaturated/α-hetero) is 2. The molecule has 144 valence electrons. The molecule has 6 heteroatoms. The van der Waals surface area contributed by atoms with Crippen LogP contribution in [0, 0.1) is 5.92 Å². The highest BCUT2D eigenvalue weighted by Gasteiger charge is 2.41. The number of hydrogen-bond acceptors (Lipinski definition) is 6. The van der Waals surface area contributed by atoms with Gasteiger partial charge in [-0.25, -0.2) is 4.79 Å². The van der Waals surface area contributed by atoms with Gasteiger partial charge in [-0.05, 0) is 39.8 Å². The molecular weight excluding hydrogens is 348 g/mol. The molecule has 2 atom stereocenters. The van der Waals surface area contributed by atoms with Gasteiger partial charge in [0.05, 0.1) is 17.0 Å². The lowest BCUT2D eigenvalue weighted by Gasteiger charge is -2.29. The number of aromatic hydroxyl groups is 2. The molecule has 0 heterocycles. The van der Waals surface area contributed by atoms with E-state index in [1.165, 1.54) is 18.2 Å². The van der Waals surface area contributed by atoms with E-state index in [1.807, 2.05) is 19.9 Å². The number of carbonyl (C=O) groups excluding carboxylic acids is 3. The van der Waals surface area contributed by atoms with Crippen molar-refractivity contribution >= 4 is 17.5 Å². The van der Waals surface area contributed by atoms with E-state index in [0.717, 1.165) is 11.1 Å². The monoisotopic (exact) mass is 372 g/mol. The van der Waals surface area contributed by atoms with E-state index in [1.54, 1.807) is 13.8 Å². The molecule has 0 bridgehead atoms. The largest absolute Gasteiger partial charge is 0.507 e. The van der Waals surface area contributed by atoms with Crippen LogP contribution in [-0.2, 0) is 9.53 Å². The Balaban J connectivity index is 2.43. The van der Waals surface area contributed by atoms with Gasteiger partial charge >= 0.3 is 5.97 Å². The van der Waals surface area contributed by atoms with E-state index < -0.39 is 29.6 Å². The maximum absolute atomic E-state index is 13.0. The summed E-state index contributed by atoms with van der Waals surface area (Å²) in [6.07, 6.45) is 2.36. The molecule has 0 aliphatic heterocycles. The first-order valence-electron chi connectivity index (χ1n) is 8.73. The summed E-state index contributed by atoms with van der Waals surface area (Å²) in [7, 11) is 0. The van der Waals surface area contributed by atoms with Crippen molar-refractivity contribution in [2.45, 2.75) is 46.6 Å². The SMILES string of the molecule is CC(C)=CCC(OC(=O)C=C(C)C)C1CC(=O)c2c(O)ccc(O)c2C1=O. The lowest BCUT2D eigenvalue weighted by Crippen LogP contribution is -2.38. The lowest BCUT2D eigenvalue weighted by atomic mass is 9.77. The molecule has 0 aromatic heterocycles. The second-order valence-corrected chi connectivity index (χ2v) is 7.17. The zero-order valence-electron chi connectivity index (χ0n) is 15.9. The number of ketones is 2. The fourth-order valence-electron chi connectivity index (χ4n) is 3.06. The van der Waals surface area contributed by atoms with Gasteiger partial charge < -0.3 is 14.9 Å². The summed E-state index contributed by atoms with van der Waals surface area (Å²) in [5.41, 5.74) is 1.35. The number of phenolic OH excluding ortho intramolecular Hbond substituents is 2. The third-order valence-electron chi connectivity index (χ3n) is 4.31. The van der Waals surface area contributed by atoms with E-state index in [2.05, 4.69) is 0 Å². The van der Waals surface area contributed by atoms with Crippen LogP contribution in [0.3, 0.4) is 0 Å². The molecule has 0 saturated carbocycles. The van der Waals surface area contributed by atoms with E-state index in [0.29, 0.717) is 0 Å². The molecule has 0 amide bonds. The molecule has 0 saturated heterocycles. The fraction of sp³-hybridized carbons (Fsp3) is 0.381. The minimum atomic E-state index is -0.928. The van der Waals surface area contributed by atoms with Crippen LogP contribution in [0.25, 0.3) is 0 Å². The maximum Gasteiger partial charge on any atom is 0.330 e. The minimum Gasteiger partial charge on any atom is -0.507 e. The normalized spacial score (nSPS) is 17.0. The number of phenols is 2. The Hall–Kier alpha value is -2.89. The zero-order valence-corrected chi connectivity index (χ0v) is 15.9. The average Bonchev–Trinajstić information content (AvgIpc) is 2.56. The lowest BCUT2D eigenvalue weighted by molar-refractivity contribution is -0.144. The highest BCUT2D eigenvalue weighted by molar-refractivity contribution is 6.17. The van der Waals surface area contributed by atoms with Crippen LogP contribution >= 0.6 is 0 Å². The molecular formula is C21H24O6. The van der Waals surface area contributed by atoms with Gasteiger partial charge in [0.2, 0.25) is 0 Å². The van der Waals surface area contributed by atoms with Crippen molar-refractivity contribution in [2.75, 3.05) is 0 Å². The van der Waals surface area contributed by atoms with Gasteiger partial charge in [-0.3, -0.25) is 9.59 Å². The molecule has 0 spiro atoms. The van der Waals surface area contributed by atoms with Gasteiger partial charge in [0.15, 0.2) is 11.6 Å². The van der Waals surface area contributed by atoms with Crippen molar-refractivity contribution in [1.29, 1.82) is 0 Å². The second-order valence-electron chi connectivity index (χ2n) is 7.17. The molecule has 6 nitrogen and oxygen atoms in total. The van der Waals surface area contributed by atoms with Gasteiger partial charge in [0, 0.05) is 18.9 Å². The zero-order chi connectivity index (χ0) is 20.3. The number of hydrogen-bond donors (Lipinski definition) is 2. The highest BCUT2D eigenvalue weighted by atomic mass is 16.5. The molecule has 2 N–H and O–H groups in total. The summed E-state index contributed by atoms with van der Waals surface area (Å²) in [4.78, 5) is 37.6. The van der Waals surface area contributed by atoms with Gasteiger partial charge in [0.1, 0.15) is 17.6 Å². The molecule has 1 aliphatic carbocycles. The van der Waals surface area contributed by atoms with Gasteiger partial charge in [-0.15, -0.1) is 0 Å². The van der Waals surface area contributed by atoms with E-state index in [4.69, 9.17) is 4.74 Å². The first-order chi connectivity index (χ1) is 12.6. The van der Waals surface area contributed by atoms with Crippen molar-refractivity contribution in [3.63, 3.8) is 0 Å². The van der Waals surface area contributed by atoms with E-state index in [9.17, 15) is 24.6 Å². The van der Waals surface area contributed by atoms with Crippen molar-refractivity contribution < 1.29 is 29.3 Å². The molecule has 1 aromatic carbocycles. The predicted molar refractivity (Wildman–Crippen MR) is 99.9 cm³/mol. The number of esters is 1. The van der Waals surface area contributed by atoms with Crippen LogP contribution in [0.15, 0.2) is 35.4 Å². The Labute approximate surface area is 158 Å². The van der Waals surface area contributed by atoms with Crippen LogP contribution in [0.1, 0.15) is 61.3 Å². The van der Waals surface area contributed by atoms with E-state index in [-0.39, 0.29) is 35.5 Å². The van der Waals surface area contributed by atoms with Crippen LogP contribution in [0.4, 0.5) is 0 Å². The topological polar surface area (TPSA) is 101 Å².